The highest BCUT2D eigenvalue weighted by Crippen LogP contribution is 2.15. The van der Waals surface area contributed by atoms with Crippen LogP contribution in [-0.4, -0.2) is 39.2 Å². The van der Waals surface area contributed by atoms with Gasteiger partial charge in [-0.2, -0.15) is 5.10 Å². The molecule has 9 heteroatoms. The summed E-state index contributed by atoms with van der Waals surface area (Å²) in [6.45, 7) is 2.99. The van der Waals surface area contributed by atoms with Crippen molar-refractivity contribution in [3.63, 3.8) is 0 Å². The molecule has 2 aromatic rings. The minimum absolute atomic E-state index is 0. The van der Waals surface area contributed by atoms with Crippen LogP contribution in [0.5, 0.6) is 0 Å². The molecule has 0 saturated carbocycles. The second-order valence-electron chi connectivity index (χ2n) is 5.97. The average Bonchev–Trinajstić information content (AvgIpc) is 3.05. The maximum Gasteiger partial charge on any atom is 0.272 e. The summed E-state index contributed by atoms with van der Waals surface area (Å²) < 4.78 is 1.53. The molecule has 1 fully saturated rings. The minimum Gasteiger partial charge on any atom is -0.348 e. The van der Waals surface area contributed by atoms with Crippen LogP contribution in [0.4, 0.5) is 5.69 Å². The Hall–Kier alpha value is -2.45. The van der Waals surface area contributed by atoms with Crippen molar-refractivity contribution in [2.24, 2.45) is 0 Å². The molecule has 134 valence electrons. The van der Waals surface area contributed by atoms with Gasteiger partial charge in [0.25, 0.3) is 11.6 Å². The molecule has 1 amide bonds. The fourth-order valence-corrected chi connectivity index (χ4v) is 2.84. The third-order valence-electron chi connectivity index (χ3n) is 4.11. The fourth-order valence-electron chi connectivity index (χ4n) is 2.84. The summed E-state index contributed by atoms with van der Waals surface area (Å²) >= 11 is 0. The van der Waals surface area contributed by atoms with Gasteiger partial charge in [0.1, 0.15) is 0 Å². The molecule has 1 aliphatic rings. The van der Waals surface area contributed by atoms with Crippen molar-refractivity contribution in [1.82, 2.24) is 20.4 Å². The van der Waals surface area contributed by atoms with E-state index in [0.29, 0.717) is 17.4 Å². The normalized spacial score (nSPS) is 19.7. The van der Waals surface area contributed by atoms with Crippen LogP contribution >= 0.6 is 12.4 Å². The lowest BCUT2D eigenvalue weighted by molar-refractivity contribution is -0.384. The smallest absolute Gasteiger partial charge is 0.272 e. The quantitative estimate of drug-likeness (QED) is 0.638. The Bertz CT molecular complexity index is 746. The van der Waals surface area contributed by atoms with Crippen LogP contribution < -0.4 is 10.6 Å². The van der Waals surface area contributed by atoms with E-state index in [4.69, 9.17) is 0 Å². The summed E-state index contributed by atoms with van der Waals surface area (Å²) in [5.74, 6) is -0.199. The van der Waals surface area contributed by atoms with Gasteiger partial charge in [-0.05, 0) is 44.5 Å². The zero-order valence-corrected chi connectivity index (χ0v) is 14.5. The molecule has 0 radical (unpaired) electrons. The van der Waals surface area contributed by atoms with E-state index < -0.39 is 4.92 Å². The largest absolute Gasteiger partial charge is 0.348 e. The summed E-state index contributed by atoms with van der Waals surface area (Å²) in [6, 6.07) is 8.20. The van der Waals surface area contributed by atoms with Crippen LogP contribution in [0.2, 0.25) is 0 Å². The minimum atomic E-state index is -0.453. The molecule has 2 unspecified atom stereocenters. The highest BCUT2D eigenvalue weighted by Gasteiger charge is 2.21. The van der Waals surface area contributed by atoms with E-state index in [9.17, 15) is 14.9 Å². The monoisotopic (exact) mass is 365 g/mol. The highest BCUT2D eigenvalue weighted by atomic mass is 35.5. The van der Waals surface area contributed by atoms with E-state index in [1.807, 2.05) is 0 Å². The number of carbonyl (C=O) groups excluding carboxylic acids is 1. The van der Waals surface area contributed by atoms with Gasteiger partial charge < -0.3 is 10.6 Å². The van der Waals surface area contributed by atoms with E-state index in [2.05, 4.69) is 22.7 Å². The summed E-state index contributed by atoms with van der Waals surface area (Å²) in [4.78, 5) is 22.5. The van der Waals surface area contributed by atoms with Crippen molar-refractivity contribution in [3.05, 3.63) is 52.3 Å². The lowest BCUT2D eigenvalue weighted by atomic mass is 10.0. The van der Waals surface area contributed by atoms with Gasteiger partial charge in [-0.15, -0.1) is 12.4 Å². The molecule has 0 spiro atoms. The zero-order chi connectivity index (χ0) is 17.1. The number of amides is 1. The van der Waals surface area contributed by atoms with E-state index in [-0.39, 0.29) is 30.0 Å². The van der Waals surface area contributed by atoms with Crippen molar-refractivity contribution < 1.29 is 9.72 Å². The first-order chi connectivity index (χ1) is 11.5. The fraction of sp³-hybridized carbons (Fsp3) is 0.375. The van der Waals surface area contributed by atoms with Crippen LogP contribution in [0.15, 0.2) is 36.5 Å². The topological polar surface area (TPSA) is 102 Å². The molecule has 25 heavy (non-hydrogen) atoms. The lowest BCUT2D eigenvalue weighted by Gasteiger charge is -2.28. The Labute approximate surface area is 151 Å². The summed E-state index contributed by atoms with van der Waals surface area (Å²) in [6.07, 6.45) is 3.47. The van der Waals surface area contributed by atoms with Gasteiger partial charge in [0.15, 0.2) is 5.69 Å². The predicted molar refractivity (Wildman–Crippen MR) is 95.4 cm³/mol. The molecule has 2 atom stereocenters. The number of hydrogen-bond acceptors (Lipinski definition) is 5. The number of non-ortho nitro benzene ring substituents is 1. The standard InChI is InChI=1S/C16H19N5O3.ClH/c1-11-10-12(6-8-17-11)18-16(22)15-7-9-20(19-15)13-2-4-14(5-3-13)21(23)24;/h2-5,7,9,11-12,17H,6,8,10H2,1H3,(H,18,22);1H. The van der Waals surface area contributed by atoms with Gasteiger partial charge >= 0.3 is 0 Å². The van der Waals surface area contributed by atoms with Crippen molar-refractivity contribution in [2.45, 2.75) is 31.8 Å². The van der Waals surface area contributed by atoms with Gasteiger partial charge in [0.05, 0.1) is 10.6 Å². The first kappa shape index (κ1) is 18.9. The number of benzene rings is 1. The molecule has 2 heterocycles. The van der Waals surface area contributed by atoms with E-state index in [0.717, 1.165) is 19.4 Å². The predicted octanol–water partition coefficient (Wildman–Crippen LogP) is 2.07. The molecule has 3 rings (SSSR count). The summed E-state index contributed by atoms with van der Waals surface area (Å²) in [5, 5.41) is 21.3. The summed E-state index contributed by atoms with van der Waals surface area (Å²) in [5.41, 5.74) is 1.01. The number of nitrogens with zero attached hydrogens (tertiary/aromatic N) is 3. The van der Waals surface area contributed by atoms with Gasteiger partial charge in [-0.1, -0.05) is 0 Å². The number of rotatable bonds is 4. The molecule has 2 N–H and O–H groups in total. The Morgan fingerprint density at radius 1 is 1.36 bits per heavy atom. The van der Waals surface area contributed by atoms with Crippen molar-refractivity contribution in [2.75, 3.05) is 6.54 Å². The van der Waals surface area contributed by atoms with Gasteiger partial charge in [0, 0.05) is 30.4 Å². The molecule has 0 aliphatic carbocycles. The Kier molecular flexibility index (Phi) is 6.11. The molecular weight excluding hydrogens is 346 g/mol. The SMILES string of the molecule is CC1CC(NC(=O)c2ccn(-c3ccc([N+](=O)[O-])cc3)n2)CCN1.Cl. The Balaban J connectivity index is 0.00000225. The van der Waals surface area contributed by atoms with Crippen LogP contribution in [0.25, 0.3) is 5.69 Å². The number of aromatic nitrogens is 2. The van der Waals surface area contributed by atoms with Crippen molar-refractivity contribution in [1.29, 1.82) is 0 Å². The Morgan fingerprint density at radius 3 is 2.72 bits per heavy atom. The maximum atomic E-state index is 12.3. The first-order valence-corrected chi connectivity index (χ1v) is 7.87. The van der Waals surface area contributed by atoms with E-state index in [1.54, 1.807) is 24.4 Å². The van der Waals surface area contributed by atoms with Crippen molar-refractivity contribution >= 4 is 24.0 Å². The molecule has 1 saturated heterocycles. The van der Waals surface area contributed by atoms with Crippen LogP contribution in [0.1, 0.15) is 30.3 Å². The molecule has 1 aromatic carbocycles. The number of carbonyl (C=O) groups is 1. The highest BCUT2D eigenvalue weighted by molar-refractivity contribution is 5.92. The second-order valence-corrected chi connectivity index (χ2v) is 5.97. The maximum absolute atomic E-state index is 12.3. The number of nitro groups is 1. The second kappa shape index (κ2) is 8.09. The van der Waals surface area contributed by atoms with E-state index in [1.165, 1.54) is 16.8 Å². The molecule has 1 aliphatic heterocycles. The number of halogens is 1. The van der Waals surface area contributed by atoms with Crippen LogP contribution in [0, 0.1) is 10.1 Å². The molecule has 8 nitrogen and oxygen atoms in total. The number of piperidine rings is 1. The third kappa shape index (κ3) is 4.55. The van der Waals surface area contributed by atoms with Crippen LogP contribution in [-0.2, 0) is 0 Å². The lowest BCUT2D eigenvalue weighted by Crippen LogP contribution is -2.46. The van der Waals surface area contributed by atoms with Crippen LogP contribution in [0.3, 0.4) is 0 Å². The van der Waals surface area contributed by atoms with Crippen molar-refractivity contribution in [3.8, 4) is 5.69 Å². The van der Waals surface area contributed by atoms with Gasteiger partial charge in [0.2, 0.25) is 0 Å². The number of hydrogen-bond donors (Lipinski definition) is 2. The molecule has 1 aromatic heterocycles. The third-order valence-corrected chi connectivity index (χ3v) is 4.11. The summed E-state index contributed by atoms with van der Waals surface area (Å²) in [7, 11) is 0. The first-order valence-electron chi connectivity index (χ1n) is 7.87. The number of nitro benzene ring substituents is 1. The van der Waals surface area contributed by atoms with Gasteiger partial charge in [-0.25, -0.2) is 4.68 Å². The number of nitrogens with one attached hydrogen (secondary N) is 2. The average molecular weight is 366 g/mol. The van der Waals surface area contributed by atoms with E-state index >= 15 is 0 Å². The molecular formula is C16H20ClN5O3. The Morgan fingerprint density at radius 2 is 2.08 bits per heavy atom. The van der Waals surface area contributed by atoms with Gasteiger partial charge in [-0.3, -0.25) is 14.9 Å². The zero-order valence-electron chi connectivity index (χ0n) is 13.7. The molecule has 0 bridgehead atoms.